The van der Waals surface area contributed by atoms with Crippen molar-refractivity contribution in [1.29, 1.82) is 0 Å². The lowest BCUT2D eigenvalue weighted by Crippen LogP contribution is -2.57. The quantitative estimate of drug-likeness (QED) is 0.885. The number of hydrogen-bond donors (Lipinski definition) is 2. The summed E-state index contributed by atoms with van der Waals surface area (Å²) in [7, 11) is 0. The molecule has 5 nitrogen and oxygen atoms in total. The van der Waals surface area contributed by atoms with E-state index in [0.717, 1.165) is 5.56 Å². The number of nitrogens with one attached hydrogen (secondary N) is 1. The molecule has 1 saturated heterocycles. The number of piperidine rings is 1. The van der Waals surface area contributed by atoms with Crippen LogP contribution in [0, 0.1) is 0 Å². The summed E-state index contributed by atoms with van der Waals surface area (Å²) < 4.78 is 0. The average Bonchev–Trinajstić information content (AvgIpc) is 2.44. The maximum atomic E-state index is 12.2. The highest BCUT2D eigenvalue weighted by atomic mass is 35.5. The first-order valence-corrected chi connectivity index (χ1v) is 7.29. The van der Waals surface area contributed by atoms with Crippen molar-refractivity contribution >= 4 is 23.4 Å². The van der Waals surface area contributed by atoms with Gasteiger partial charge in [-0.15, -0.1) is 0 Å². The SMILES string of the molecule is CC(=O)N1CCCC(O)(C(=O)NCc2cccc(Cl)c2)C1. The third-order valence-electron chi connectivity index (χ3n) is 3.68. The van der Waals surface area contributed by atoms with E-state index in [1.165, 1.54) is 11.8 Å². The van der Waals surface area contributed by atoms with Crippen LogP contribution in [0.4, 0.5) is 0 Å². The van der Waals surface area contributed by atoms with E-state index in [9.17, 15) is 14.7 Å². The number of halogens is 1. The Labute approximate surface area is 128 Å². The molecule has 0 aromatic heterocycles. The molecule has 1 aromatic carbocycles. The lowest BCUT2D eigenvalue weighted by molar-refractivity contribution is -0.150. The Morgan fingerprint density at radius 3 is 2.90 bits per heavy atom. The minimum absolute atomic E-state index is 0.0453. The predicted octanol–water partition coefficient (Wildman–Crippen LogP) is 1.33. The summed E-state index contributed by atoms with van der Waals surface area (Å²) >= 11 is 5.88. The Morgan fingerprint density at radius 2 is 2.24 bits per heavy atom. The van der Waals surface area contributed by atoms with Gasteiger partial charge in [-0.3, -0.25) is 9.59 Å². The number of hydrogen-bond acceptors (Lipinski definition) is 3. The zero-order chi connectivity index (χ0) is 15.5. The summed E-state index contributed by atoms with van der Waals surface area (Å²) in [5.41, 5.74) is -0.652. The van der Waals surface area contributed by atoms with Gasteiger partial charge in [-0.2, -0.15) is 0 Å². The second-order valence-corrected chi connectivity index (χ2v) is 5.82. The molecular formula is C15H19ClN2O3. The van der Waals surface area contributed by atoms with E-state index >= 15 is 0 Å². The Morgan fingerprint density at radius 1 is 1.48 bits per heavy atom. The van der Waals surface area contributed by atoms with Gasteiger partial charge in [0.25, 0.3) is 5.91 Å². The lowest BCUT2D eigenvalue weighted by atomic mass is 9.91. The van der Waals surface area contributed by atoms with Crippen molar-refractivity contribution in [3.63, 3.8) is 0 Å². The van der Waals surface area contributed by atoms with Crippen LogP contribution >= 0.6 is 11.6 Å². The van der Waals surface area contributed by atoms with Crippen molar-refractivity contribution in [1.82, 2.24) is 10.2 Å². The highest BCUT2D eigenvalue weighted by Gasteiger charge is 2.40. The molecule has 1 unspecified atom stereocenters. The molecule has 1 atom stereocenters. The maximum Gasteiger partial charge on any atom is 0.254 e. The molecule has 1 heterocycles. The van der Waals surface area contributed by atoms with Crippen molar-refractivity contribution in [2.24, 2.45) is 0 Å². The molecule has 21 heavy (non-hydrogen) atoms. The molecule has 0 bridgehead atoms. The van der Waals surface area contributed by atoms with Gasteiger partial charge in [0, 0.05) is 25.0 Å². The summed E-state index contributed by atoms with van der Waals surface area (Å²) in [4.78, 5) is 25.1. The van der Waals surface area contributed by atoms with Crippen LogP contribution in [0.5, 0.6) is 0 Å². The van der Waals surface area contributed by atoms with Crippen LogP contribution < -0.4 is 5.32 Å². The third kappa shape index (κ3) is 3.95. The van der Waals surface area contributed by atoms with Crippen molar-refractivity contribution in [2.75, 3.05) is 13.1 Å². The number of likely N-dealkylation sites (tertiary alicyclic amines) is 1. The molecule has 1 aliphatic rings. The Kier molecular flexibility index (Phi) is 4.85. The normalized spacial score (nSPS) is 22.0. The fraction of sp³-hybridized carbons (Fsp3) is 0.467. The average molecular weight is 311 g/mol. The number of β-amino-alcohol motifs (C(OH)–C–C–N with tert-alkyl or cyclic N) is 1. The summed E-state index contributed by atoms with van der Waals surface area (Å²) in [5, 5.41) is 13.8. The molecule has 1 fully saturated rings. The summed E-state index contributed by atoms with van der Waals surface area (Å²) in [6.45, 7) is 2.36. The van der Waals surface area contributed by atoms with Gasteiger partial charge in [0.15, 0.2) is 5.60 Å². The second-order valence-electron chi connectivity index (χ2n) is 5.39. The highest BCUT2D eigenvalue weighted by Crippen LogP contribution is 2.22. The van der Waals surface area contributed by atoms with Crippen LogP contribution in [0.25, 0.3) is 0 Å². The van der Waals surface area contributed by atoms with Gasteiger partial charge in [-0.25, -0.2) is 0 Å². The fourth-order valence-electron chi connectivity index (χ4n) is 2.48. The molecule has 6 heteroatoms. The minimum atomic E-state index is -1.51. The van der Waals surface area contributed by atoms with Crippen LogP contribution in [0.1, 0.15) is 25.3 Å². The number of aliphatic hydroxyl groups is 1. The van der Waals surface area contributed by atoms with Gasteiger partial charge < -0.3 is 15.3 Å². The Balaban J connectivity index is 1.97. The number of benzene rings is 1. The van der Waals surface area contributed by atoms with Crippen molar-refractivity contribution < 1.29 is 14.7 Å². The molecule has 114 valence electrons. The smallest absolute Gasteiger partial charge is 0.254 e. The molecular weight excluding hydrogens is 292 g/mol. The van der Waals surface area contributed by atoms with E-state index in [0.29, 0.717) is 31.0 Å². The van der Waals surface area contributed by atoms with Gasteiger partial charge in [0.1, 0.15) is 0 Å². The van der Waals surface area contributed by atoms with Crippen LogP contribution in [0.3, 0.4) is 0 Å². The van der Waals surface area contributed by atoms with Crippen LogP contribution in [-0.4, -0.2) is 40.5 Å². The summed E-state index contributed by atoms with van der Waals surface area (Å²) in [5.74, 6) is -0.579. The molecule has 0 spiro atoms. The molecule has 0 aliphatic carbocycles. The highest BCUT2D eigenvalue weighted by molar-refractivity contribution is 6.30. The van der Waals surface area contributed by atoms with Crippen LogP contribution in [-0.2, 0) is 16.1 Å². The minimum Gasteiger partial charge on any atom is -0.378 e. The first-order valence-electron chi connectivity index (χ1n) is 6.91. The molecule has 1 aliphatic heterocycles. The summed E-state index contributed by atoms with van der Waals surface area (Å²) in [6, 6.07) is 7.16. The van der Waals surface area contributed by atoms with Gasteiger partial charge >= 0.3 is 0 Å². The number of nitrogens with zero attached hydrogens (tertiary/aromatic N) is 1. The monoisotopic (exact) mass is 310 g/mol. The Bertz CT molecular complexity index is 549. The molecule has 0 saturated carbocycles. The van der Waals surface area contributed by atoms with Gasteiger partial charge in [0.05, 0.1) is 6.54 Å². The maximum absolute atomic E-state index is 12.2. The second kappa shape index (κ2) is 6.45. The van der Waals surface area contributed by atoms with Gasteiger partial charge in [0.2, 0.25) is 5.91 Å². The lowest BCUT2D eigenvalue weighted by Gasteiger charge is -2.37. The van der Waals surface area contributed by atoms with Gasteiger partial charge in [-0.1, -0.05) is 23.7 Å². The largest absolute Gasteiger partial charge is 0.378 e. The first-order chi connectivity index (χ1) is 9.90. The van der Waals surface area contributed by atoms with Crippen molar-refractivity contribution in [3.05, 3.63) is 34.9 Å². The molecule has 1 aromatic rings. The molecule has 2 amide bonds. The fourth-order valence-corrected chi connectivity index (χ4v) is 2.70. The summed E-state index contributed by atoms with van der Waals surface area (Å²) in [6.07, 6.45) is 0.971. The standard InChI is InChI=1S/C15H19ClN2O3/c1-11(19)18-7-3-6-15(21,10-18)14(20)17-9-12-4-2-5-13(16)8-12/h2,4-5,8,21H,3,6-7,9-10H2,1H3,(H,17,20). The number of carbonyl (C=O) groups excluding carboxylic acids is 2. The van der Waals surface area contributed by atoms with E-state index in [1.807, 2.05) is 6.07 Å². The first kappa shape index (κ1) is 15.8. The zero-order valence-corrected chi connectivity index (χ0v) is 12.7. The van der Waals surface area contributed by atoms with Crippen molar-refractivity contribution in [2.45, 2.75) is 31.9 Å². The van der Waals surface area contributed by atoms with E-state index in [-0.39, 0.29) is 12.5 Å². The van der Waals surface area contributed by atoms with Crippen molar-refractivity contribution in [3.8, 4) is 0 Å². The van der Waals surface area contributed by atoms with Crippen LogP contribution in [0.2, 0.25) is 5.02 Å². The Hall–Kier alpha value is -1.59. The predicted molar refractivity (Wildman–Crippen MR) is 79.7 cm³/mol. The zero-order valence-electron chi connectivity index (χ0n) is 11.9. The topological polar surface area (TPSA) is 69.6 Å². The molecule has 2 N–H and O–H groups in total. The number of amides is 2. The van der Waals surface area contributed by atoms with E-state index < -0.39 is 11.5 Å². The third-order valence-corrected chi connectivity index (χ3v) is 3.92. The van der Waals surface area contributed by atoms with Crippen LogP contribution in [0.15, 0.2) is 24.3 Å². The van der Waals surface area contributed by atoms with E-state index in [2.05, 4.69) is 5.32 Å². The number of carbonyl (C=O) groups is 2. The van der Waals surface area contributed by atoms with E-state index in [1.54, 1.807) is 18.2 Å². The number of rotatable bonds is 3. The van der Waals surface area contributed by atoms with Gasteiger partial charge in [-0.05, 0) is 30.5 Å². The molecule has 2 rings (SSSR count). The molecule has 0 radical (unpaired) electrons. The van der Waals surface area contributed by atoms with E-state index in [4.69, 9.17) is 11.6 Å².